The number of amides is 1. The number of aliphatic hydroxyl groups is 1. The molecule has 0 fully saturated rings. The minimum Gasteiger partial charge on any atom is -0.511 e. The van der Waals surface area contributed by atoms with Crippen molar-refractivity contribution >= 4 is 12.1 Å². The summed E-state index contributed by atoms with van der Waals surface area (Å²) in [6.45, 7) is 4.92. The Hall–Kier alpha value is -1.72. The molecule has 0 radical (unpaired) electrons. The Kier molecular flexibility index (Phi) is 3.11. The molecular formula is C10H15NO5. The van der Waals surface area contributed by atoms with Crippen molar-refractivity contribution in [1.29, 1.82) is 0 Å². The molecule has 0 aromatic rings. The van der Waals surface area contributed by atoms with E-state index in [9.17, 15) is 14.7 Å². The van der Waals surface area contributed by atoms with Crippen LogP contribution in [0.3, 0.4) is 0 Å². The monoisotopic (exact) mass is 229 g/mol. The Morgan fingerprint density at radius 3 is 2.50 bits per heavy atom. The van der Waals surface area contributed by atoms with Crippen molar-refractivity contribution in [2.45, 2.75) is 32.4 Å². The predicted molar refractivity (Wildman–Crippen MR) is 55.1 cm³/mol. The number of rotatable bonds is 1. The van der Waals surface area contributed by atoms with Gasteiger partial charge in [-0.1, -0.05) is 0 Å². The van der Waals surface area contributed by atoms with Gasteiger partial charge >= 0.3 is 12.1 Å². The average Bonchev–Trinajstić information content (AvgIpc) is 2.44. The van der Waals surface area contributed by atoms with Crippen molar-refractivity contribution in [3.8, 4) is 0 Å². The van der Waals surface area contributed by atoms with Gasteiger partial charge < -0.3 is 14.9 Å². The van der Waals surface area contributed by atoms with E-state index in [2.05, 4.69) is 0 Å². The summed E-state index contributed by atoms with van der Waals surface area (Å²) in [5, 5.41) is 18.1. The third kappa shape index (κ3) is 2.88. The van der Waals surface area contributed by atoms with Crippen LogP contribution < -0.4 is 0 Å². The lowest BCUT2D eigenvalue weighted by Gasteiger charge is -2.26. The van der Waals surface area contributed by atoms with Gasteiger partial charge in [-0.2, -0.15) is 0 Å². The molecule has 0 saturated carbocycles. The molecule has 0 aromatic carbocycles. The fourth-order valence-corrected chi connectivity index (χ4v) is 1.30. The summed E-state index contributed by atoms with van der Waals surface area (Å²) < 4.78 is 5.03. The maximum Gasteiger partial charge on any atom is 0.411 e. The Morgan fingerprint density at radius 1 is 1.50 bits per heavy atom. The summed E-state index contributed by atoms with van der Waals surface area (Å²) in [5.74, 6) is -1.34. The van der Waals surface area contributed by atoms with Crippen LogP contribution in [0.15, 0.2) is 11.8 Å². The molecule has 1 heterocycles. The maximum atomic E-state index is 11.6. The van der Waals surface area contributed by atoms with E-state index in [4.69, 9.17) is 9.84 Å². The Morgan fingerprint density at radius 2 is 2.06 bits per heavy atom. The average molecular weight is 229 g/mol. The van der Waals surface area contributed by atoms with E-state index in [1.54, 1.807) is 20.8 Å². The van der Waals surface area contributed by atoms with Crippen molar-refractivity contribution in [2.24, 2.45) is 0 Å². The van der Waals surface area contributed by atoms with Gasteiger partial charge in [0, 0.05) is 0 Å². The van der Waals surface area contributed by atoms with Crippen LogP contribution in [0.25, 0.3) is 0 Å². The lowest BCUT2D eigenvalue weighted by Crippen LogP contribution is -2.43. The molecule has 1 amide bonds. The van der Waals surface area contributed by atoms with Crippen LogP contribution >= 0.6 is 0 Å². The summed E-state index contributed by atoms with van der Waals surface area (Å²) >= 11 is 0. The van der Waals surface area contributed by atoms with Gasteiger partial charge in [0.25, 0.3) is 0 Å². The van der Waals surface area contributed by atoms with E-state index >= 15 is 0 Å². The van der Waals surface area contributed by atoms with Crippen LogP contribution in [0.1, 0.15) is 20.8 Å². The summed E-state index contributed by atoms with van der Waals surface area (Å²) in [4.78, 5) is 23.4. The highest BCUT2D eigenvalue weighted by Crippen LogP contribution is 2.18. The fraction of sp³-hybridized carbons (Fsp3) is 0.600. The number of carbonyl (C=O) groups is 2. The van der Waals surface area contributed by atoms with Crippen molar-refractivity contribution in [2.75, 3.05) is 6.54 Å². The molecule has 1 atom stereocenters. The first-order chi connectivity index (χ1) is 7.20. The van der Waals surface area contributed by atoms with Crippen molar-refractivity contribution in [3.05, 3.63) is 11.8 Å². The summed E-state index contributed by atoms with van der Waals surface area (Å²) in [6, 6.07) is -1.16. The lowest BCUT2D eigenvalue weighted by molar-refractivity contribution is -0.140. The first-order valence-corrected chi connectivity index (χ1v) is 4.83. The zero-order chi connectivity index (χ0) is 12.5. The zero-order valence-electron chi connectivity index (χ0n) is 9.43. The first kappa shape index (κ1) is 12.4. The van der Waals surface area contributed by atoms with Gasteiger partial charge in [0.1, 0.15) is 11.4 Å². The van der Waals surface area contributed by atoms with Crippen LogP contribution in [0.4, 0.5) is 4.79 Å². The Labute approximate surface area is 93.1 Å². The first-order valence-electron chi connectivity index (χ1n) is 4.83. The summed E-state index contributed by atoms with van der Waals surface area (Å²) in [7, 11) is 0. The molecule has 1 aliphatic heterocycles. The van der Waals surface area contributed by atoms with Crippen molar-refractivity contribution in [1.82, 2.24) is 4.90 Å². The summed E-state index contributed by atoms with van der Waals surface area (Å²) in [6.07, 6.45) is 0.368. The van der Waals surface area contributed by atoms with Gasteiger partial charge in [0.2, 0.25) is 0 Å². The van der Waals surface area contributed by atoms with Gasteiger partial charge in [-0.25, -0.2) is 9.59 Å². The predicted octanol–water partition coefficient (Wildman–Crippen LogP) is 1.13. The molecule has 1 aliphatic rings. The van der Waals surface area contributed by atoms with Crippen molar-refractivity contribution < 1.29 is 24.5 Å². The topological polar surface area (TPSA) is 87.1 Å². The third-order valence-corrected chi connectivity index (χ3v) is 1.90. The number of carboxylic acids is 1. The number of aliphatic carboxylic acids is 1. The largest absolute Gasteiger partial charge is 0.511 e. The zero-order valence-corrected chi connectivity index (χ0v) is 9.43. The SMILES string of the molecule is CC(C)(C)OC(=O)N1CC(O)=C[C@H]1C(=O)O. The van der Waals surface area contributed by atoms with E-state index in [0.717, 1.165) is 11.0 Å². The number of hydrogen-bond donors (Lipinski definition) is 2. The molecular weight excluding hydrogens is 214 g/mol. The molecule has 16 heavy (non-hydrogen) atoms. The van der Waals surface area contributed by atoms with Crippen molar-refractivity contribution in [3.63, 3.8) is 0 Å². The molecule has 6 heteroatoms. The van der Waals surface area contributed by atoms with Crippen LogP contribution in [0.5, 0.6) is 0 Å². The Balaban J connectivity index is 2.75. The molecule has 0 saturated heterocycles. The maximum absolute atomic E-state index is 11.6. The number of carboxylic acid groups (broad SMARTS) is 1. The van der Waals surface area contributed by atoms with Gasteiger partial charge in [-0.15, -0.1) is 0 Å². The smallest absolute Gasteiger partial charge is 0.411 e. The molecule has 0 spiro atoms. The highest BCUT2D eigenvalue weighted by atomic mass is 16.6. The van der Waals surface area contributed by atoms with Gasteiger partial charge in [-0.3, -0.25) is 4.90 Å². The number of hydrogen-bond acceptors (Lipinski definition) is 4. The van der Waals surface area contributed by atoms with Gasteiger partial charge in [0.05, 0.1) is 6.54 Å². The third-order valence-electron chi connectivity index (χ3n) is 1.90. The number of carbonyl (C=O) groups excluding carboxylic acids is 1. The number of ether oxygens (including phenoxy) is 1. The van der Waals surface area contributed by atoms with Gasteiger partial charge in [0.15, 0.2) is 6.04 Å². The molecule has 0 aliphatic carbocycles. The number of aliphatic hydroxyl groups excluding tert-OH is 1. The second-order valence-electron chi connectivity index (χ2n) is 4.55. The van der Waals surface area contributed by atoms with E-state index in [-0.39, 0.29) is 12.3 Å². The molecule has 1 rings (SSSR count). The van der Waals surface area contributed by atoms with Crippen LogP contribution in [-0.4, -0.2) is 45.4 Å². The Bertz CT molecular complexity index is 342. The molecule has 2 N–H and O–H groups in total. The molecule has 0 aromatic heterocycles. The fourth-order valence-electron chi connectivity index (χ4n) is 1.30. The highest BCUT2D eigenvalue weighted by Gasteiger charge is 2.36. The molecule has 0 bridgehead atoms. The van der Waals surface area contributed by atoms with Crippen LogP contribution in [0, 0.1) is 0 Å². The molecule has 90 valence electrons. The van der Waals surface area contributed by atoms with Crippen LogP contribution in [0.2, 0.25) is 0 Å². The highest BCUT2D eigenvalue weighted by molar-refractivity contribution is 5.83. The van der Waals surface area contributed by atoms with E-state index < -0.39 is 23.7 Å². The van der Waals surface area contributed by atoms with E-state index in [0.29, 0.717) is 0 Å². The molecule has 6 nitrogen and oxygen atoms in total. The second kappa shape index (κ2) is 4.03. The van der Waals surface area contributed by atoms with Crippen LogP contribution in [-0.2, 0) is 9.53 Å². The summed E-state index contributed by atoms with van der Waals surface area (Å²) in [5.41, 5.74) is -0.696. The number of nitrogens with zero attached hydrogens (tertiary/aromatic N) is 1. The van der Waals surface area contributed by atoms with Gasteiger partial charge in [-0.05, 0) is 26.8 Å². The minimum absolute atomic E-state index is 0.133. The van der Waals surface area contributed by atoms with E-state index in [1.165, 1.54) is 0 Å². The van der Waals surface area contributed by atoms with E-state index in [1.807, 2.05) is 0 Å². The molecule has 0 unspecified atom stereocenters. The standard InChI is InChI=1S/C10H15NO5/c1-10(2,3)16-9(15)11-5-6(12)4-7(11)8(13)14/h4,7,12H,5H2,1-3H3,(H,13,14)/t7-/m0/s1. The lowest BCUT2D eigenvalue weighted by atomic mass is 10.2. The normalized spacial score (nSPS) is 20.6. The second-order valence-corrected chi connectivity index (χ2v) is 4.55. The quantitative estimate of drug-likeness (QED) is 0.703. The minimum atomic E-state index is -1.20.